The standard InChI is InChI=1S/C17H25IO3S/c1-16-10-12-17(13-11-16)22(19,20)21-15-9-7-5-3-2-4-6-8-14-18/h8,10-14H,2-7,9,15H2,1H3/b14-8+. The maximum atomic E-state index is 11.9. The Hall–Kier alpha value is -0.400. The molecule has 0 N–H and O–H groups in total. The topological polar surface area (TPSA) is 43.4 Å². The van der Waals surface area contributed by atoms with Crippen molar-refractivity contribution in [2.45, 2.75) is 56.8 Å². The van der Waals surface area contributed by atoms with Crippen molar-refractivity contribution in [3.8, 4) is 0 Å². The van der Waals surface area contributed by atoms with Crippen LogP contribution in [0.1, 0.15) is 50.5 Å². The predicted octanol–water partition coefficient (Wildman–Crippen LogP) is 5.38. The highest BCUT2D eigenvalue weighted by Crippen LogP contribution is 2.14. The first-order chi connectivity index (χ1) is 10.6. The van der Waals surface area contributed by atoms with Gasteiger partial charge in [-0.25, -0.2) is 0 Å². The highest BCUT2D eigenvalue weighted by Gasteiger charge is 2.14. The van der Waals surface area contributed by atoms with E-state index in [9.17, 15) is 8.42 Å². The Morgan fingerprint density at radius 3 is 2.23 bits per heavy atom. The minimum absolute atomic E-state index is 0.237. The molecule has 5 heteroatoms. The van der Waals surface area contributed by atoms with Gasteiger partial charge in [0, 0.05) is 0 Å². The molecule has 0 heterocycles. The Morgan fingerprint density at radius 2 is 1.59 bits per heavy atom. The summed E-state index contributed by atoms with van der Waals surface area (Å²) in [5, 5.41) is 0. The summed E-state index contributed by atoms with van der Waals surface area (Å²) in [6, 6.07) is 6.75. The molecule has 0 unspecified atom stereocenters. The third-order valence-corrected chi connectivity index (χ3v) is 5.24. The van der Waals surface area contributed by atoms with E-state index >= 15 is 0 Å². The molecule has 1 aromatic carbocycles. The van der Waals surface area contributed by atoms with Crippen LogP contribution in [0, 0.1) is 6.92 Å². The van der Waals surface area contributed by atoms with Crippen LogP contribution in [-0.4, -0.2) is 15.0 Å². The molecule has 0 aromatic heterocycles. The number of allylic oxidation sites excluding steroid dienone is 1. The zero-order chi connectivity index (χ0) is 16.3. The van der Waals surface area contributed by atoms with Crippen LogP contribution < -0.4 is 0 Å². The first-order valence-electron chi connectivity index (χ1n) is 7.77. The van der Waals surface area contributed by atoms with E-state index < -0.39 is 10.1 Å². The van der Waals surface area contributed by atoms with Gasteiger partial charge in [0.05, 0.1) is 11.5 Å². The van der Waals surface area contributed by atoms with Gasteiger partial charge < -0.3 is 0 Å². The maximum Gasteiger partial charge on any atom is 0.296 e. The smallest absolute Gasteiger partial charge is 0.266 e. The normalized spacial score (nSPS) is 12.1. The molecule has 0 amide bonds. The maximum absolute atomic E-state index is 11.9. The molecular weight excluding hydrogens is 411 g/mol. The highest BCUT2D eigenvalue weighted by atomic mass is 127. The Balaban J connectivity index is 2.12. The number of unbranched alkanes of at least 4 members (excludes halogenated alkanes) is 6. The average Bonchev–Trinajstić information content (AvgIpc) is 2.49. The SMILES string of the molecule is Cc1ccc(S(=O)(=O)OCCCCCCCC/C=C/I)cc1. The minimum atomic E-state index is -3.59. The molecule has 0 bridgehead atoms. The largest absolute Gasteiger partial charge is 0.296 e. The van der Waals surface area contributed by atoms with Crippen LogP contribution in [0.15, 0.2) is 39.3 Å². The molecule has 0 atom stereocenters. The summed E-state index contributed by atoms with van der Waals surface area (Å²) in [5.74, 6) is 0. The van der Waals surface area contributed by atoms with Crippen LogP contribution in [-0.2, 0) is 14.3 Å². The van der Waals surface area contributed by atoms with Crippen molar-refractivity contribution in [1.82, 2.24) is 0 Å². The molecule has 0 fully saturated rings. The monoisotopic (exact) mass is 436 g/mol. The van der Waals surface area contributed by atoms with E-state index in [1.54, 1.807) is 24.3 Å². The van der Waals surface area contributed by atoms with Gasteiger partial charge in [0.15, 0.2) is 0 Å². The molecule has 0 aliphatic heterocycles. The fraction of sp³-hybridized carbons (Fsp3) is 0.529. The van der Waals surface area contributed by atoms with Crippen molar-refractivity contribution < 1.29 is 12.6 Å². The number of hydrogen-bond donors (Lipinski definition) is 0. The van der Waals surface area contributed by atoms with Crippen LogP contribution in [0.4, 0.5) is 0 Å². The van der Waals surface area contributed by atoms with E-state index in [1.807, 2.05) is 6.92 Å². The van der Waals surface area contributed by atoms with Crippen LogP contribution in [0.3, 0.4) is 0 Å². The summed E-state index contributed by atoms with van der Waals surface area (Å²) in [7, 11) is -3.59. The predicted molar refractivity (Wildman–Crippen MR) is 99.8 cm³/mol. The lowest BCUT2D eigenvalue weighted by Gasteiger charge is -2.06. The van der Waals surface area contributed by atoms with Crippen molar-refractivity contribution in [2.24, 2.45) is 0 Å². The van der Waals surface area contributed by atoms with Gasteiger partial charge in [-0.2, -0.15) is 8.42 Å². The van der Waals surface area contributed by atoms with E-state index in [2.05, 4.69) is 32.7 Å². The first kappa shape index (κ1) is 19.6. The minimum Gasteiger partial charge on any atom is -0.266 e. The molecule has 1 aromatic rings. The molecule has 1 rings (SSSR count). The number of rotatable bonds is 11. The Kier molecular flexibility index (Phi) is 9.99. The Bertz CT molecular complexity index is 536. The van der Waals surface area contributed by atoms with Crippen LogP contribution in [0.25, 0.3) is 0 Å². The summed E-state index contributed by atoms with van der Waals surface area (Å²) >= 11 is 2.24. The lowest BCUT2D eigenvalue weighted by Crippen LogP contribution is -2.07. The van der Waals surface area contributed by atoms with Gasteiger partial charge in [-0.1, -0.05) is 72.0 Å². The number of halogens is 1. The van der Waals surface area contributed by atoms with Crippen molar-refractivity contribution in [3.63, 3.8) is 0 Å². The zero-order valence-corrected chi connectivity index (χ0v) is 16.1. The lowest BCUT2D eigenvalue weighted by atomic mass is 10.1. The third kappa shape index (κ3) is 8.29. The number of hydrogen-bond acceptors (Lipinski definition) is 3. The summed E-state index contributed by atoms with van der Waals surface area (Å²) in [4.78, 5) is 0.237. The molecule has 0 spiro atoms. The highest BCUT2D eigenvalue weighted by molar-refractivity contribution is 14.1. The number of benzene rings is 1. The molecule has 0 aliphatic rings. The van der Waals surface area contributed by atoms with Gasteiger partial charge in [-0.05, 0) is 42.4 Å². The zero-order valence-electron chi connectivity index (χ0n) is 13.1. The molecule has 0 saturated heterocycles. The van der Waals surface area contributed by atoms with Crippen molar-refractivity contribution >= 4 is 32.7 Å². The number of aryl methyl sites for hydroxylation is 1. The fourth-order valence-electron chi connectivity index (χ4n) is 2.08. The molecule has 0 aliphatic carbocycles. The van der Waals surface area contributed by atoms with E-state index in [4.69, 9.17) is 4.18 Å². The molecule has 0 saturated carbocycles. The second-order valence-corrected chi connectivity index (χ2v) is 7.70. The summed E-state index contributed by atoms with van der Waals surface area (Å²) in [6.07, 6.45) is 9.97. The quantitative estimate of drug-likeness (QED) is 0.266. The van der Waals surface area contributed by atoms with E-state index in [-0.39, 0.29) is 11.5 Å². The van der Waals surface area contributed by atoms with Crippen LogP contribution in [0.5, 0.6) is 0 Å². The molecule has 124 valence electrons. The molecular formula is C17H25IO3S. The first-order valence-corrected chi connectivity index (χ1v) is 10.4. The summed E-state index contributed by atoms with van der Waals surface area (Å²) < 4.78 is 31.0. The van der Waals surface area contributed by atoms with Crippen molar-refractivity contribution in [1.29, 1.82) is 0 Å². The summed E-state index contributed by atoms with van der Waals surface area (Å²) in [5.41, 5.74) is 1.04. The van der Waals surface area contributed by atoms with Gasteiger partial charge in [0.2, 0.25) is 0 Å². The summed E-state index contributed by atoms with van der Waals surface area (Å²) in [6.45, 7) is 2.20. The Labute approximate surface area is 148 Å². The second kappa shape index (κ2) is 11.2. The van der Waals surface area contributed by atoms with E-state index in [1.165, 1.54) is 19.3 Å². The molecule has 3 nitrogen and oxygen atoms in total. The van der Waals surface area contributed by atoms with E-state index in [0.717, 1.165) is 31.2 Å². The third-order valence-electron chi connectivity index (χ3n) is 3.40. The fourth-order valence-corrected chi connectivity index (χ4v) is 3.38. The van der Waals surface area contributed by atoms with Gasteiger partial charge in [0.1, 0.15) is 0 Å². The van der Waals surface area contributed by atoms with Gasteiger partial charge in [-0.15, -0.1) is 0 Å². The lowest BCUT2D eigenvalue weighted by molar-refractivity contribution is 0.306. The van der Waals surface area contributed by atoms with Crippen LogP contribution in [0.2, 0.25) is 0 Å². The second-order valence-electron chi connectivity index (χ2n) is 5.36. The van der Waals surface area contributed by atoms with Gasteiger partial charge in [-0.3, -0.25) is 4.18 Å². The Morgan fingerprint density at radius 1 is 1.00 bits per heavy atom. The van der Waals surface area contributed by atoms with Crippen molar-refractivity contribution in [2.75, 3.05) is 6.61 Å². The molecule has 0 radical (unpaired) electrons. The van der Waals surface area contributed by atoms with Gasteiger partial charge >= 0.3 is 0 Å². The van der Waals surface area contributed by atoms with Crippen molar-refractivity contribution in [3.05, 3.63) is 40.0 Å². The molecule has 22 heavy (non-hydrogen) atoms. The van der Waals surface area contributed by atoms with Crippen LogP contribution >= 0.6 is 22.6 Å². The average molecular weight is 436 g/mol. The van der Waals surface area contributed by atoms with Gasteiger partial charge in [0.25, 0.3) is 10.1 Å². The van der Waals surface area contributed by atoms with E-state index in [0.29, 0.717) is 0 Å².